The Labute approximate surface area is 183 Å². The van der Waals surface area contributed by atoms with E-state index in [4.69, 9.17) is 14.5 Å². The van der Waals surface area contributed by atoms with E-state index in [9.17, 15) is 4.79 Å². The summed E-state index contributed by atoms with van der Waals surface area (Å²) in [5.41, 5.74) is 3.93. The van der Waals surface area contributed by atoms with Crippen LogP contribution in [0.25, 0.3) is 0 Å². The van der Waals surface area contributed by atoms with Gasteiger partial charge in [-0.15, -0.1) is 0 Å². The molecule has 0 radical (unpaired) electrons. The number of nitrogens with zero attached hydrogens (tertiary/aromatic N) is 3. The number of piperazine rings is 1. The Morgan fingerprint density at radius 2 is 1.71 bits per heavy atom. The van der Waals surface area contributed by atoms with Crippen LogP contribution in [0.2, 0.25) is 0 Å². The van der Waals surface area contributed by atoms with Crippen molar-refractivity contribution in [3.8, 4) is 11.5 Å². The fourth-order valence-electron chi connectivity index (χ4n) is 4.57. The van der Waals surface area contributed by atoms with Gasteiger partial charge in [0.1, 0.15) is 17.3 Å². The van der Waals surface area contributed by atoms with Crippen molar-refractivity contribution in [3.05, 3.63) is 53.1 Å². The molecule has 6 heteroatoms. The number of aryl methyl sites for hydroxylation is 2. The Kier molecular flexibility index (Phi) is 4.97. The number of hydrogen-bond acceptors (Lipinski definition) is 6. The van der Waals surface area contributed by atoms with E-state index in [-0.39, 0.29) is 11.4 Å². The Morgan fingerprint density at radius 1 is 1.03 bits per heavy atom. The van der Waals surface area contributed by atoms with Crippen molar-refractivity contribution in [1.29, 1.82) is 0 Å². The highest BCUT2D eigenvalue weighted by Gasteiger charge is 2.52. The largest absolute Gasteiger partial charge is 0.469 e. The Hall–Kier alpha value is -2.86. The van der Waals surface area contributed by atoms with Crippen LogP contribution in [-0.4, -0.2) is 61.4 Å². The molecule has 0 N–H and O–H groups in total. The maximum atomic E-state index is 12.1. The van der Waals surface area contributed by atoms with Crippen LogP contribution in [-0.2, 0) is 9.53 Å². The van der Waals surface area contributed by atoms with Crippen LogP contribution >= 0.6 is 0 Å². The van der Waals surface area contributed by atoms with Crippen molar-refractivity contribution >= 4 is 17.5 Å². The second-order valence-corrected chi connectivity index (χ2v) is 9.04. The molecule has 5 rings (SSSR count). The lowest BCUT2D eigenvalue weighted by Crippen LogP contribution is -2.51. The topological polar surface area (TPSA) is 54.4 Å². The summed E-state index contributed by atoms with van der Waals surface area (Å²) in [5, 5.41) is 0. The third-order valence-corrected chi connectivity index (χ3v) is 6.61. The number of esters is 1. The van der Waals surface area contributed by atoms with E-state index in [1.165, 1.54) is 7.11 Å². The first-order chi connectivity index (χ1) is 15.0. The maximum absolute atomic E-state index is 12.1. The second-order valence-electron chi connectivity index (χ2n) is 9.04. The summed E-state index contributed by atoms with van der Waals surface area (Å²) in [4.78, 5) is 21.9. The minimum Gasteiger partial charge on any atom is -0.469 e. The van der Waals surface area contributed by atoms with E-state index < -0.39 is 0 Å². The number of ether oxygens (including phenoxy) is 2. The van der Waals surface area contributed by atoms with Gasteiger partial charge in [0.15, 0.2) is 5.75 Å². The van der Waals surface area contributed by atoms with Crippen LogP contribution in [0.5, 0.6) is 11.5 Å². The Bertz CT molecular complexity index is 1050. The first kappa shape index (κ1) is 20.1. The van der Waals surface area contributed by atoms with Crippen LogP contribution in [0.3, 0.4) is 0 Å². The number of fused-ring (bicyclic) bond motifs is 2. The predicted molar refractivity (Wildman–Crippen MR) is 120 cm³/mol. The Morgan fingerprint density at radius 3 is 2.39 bits per heavy atom. The van der Waals surface area contributed by atoms with Gasteiger partial charge >= 0.3 is 5.97 Å². The van der Waals surface area contributed by atoms with E-state index in [1.807, 2.05) is 12.1 Å². The average molecular weight is 420 g/mol. The average Bonchev–Trinajstić information content (AvgIpc) is 3.56. The maximum Gasteiger partial charge on any atom is 0.313 e. The Balaban J connectivity index is 1.39. The quantitative estimate of drug-likeness (QED) is 0.703. The molecule has 0 atom stereocenters. The monoisotopic (exact) mass is 419 g/mol. The van der Waals surface area contributed by atoms with Crippen molar-refractivity contribution in [2.45, 2.75) is 26.7 Å². The molecule has 1 saturated carbocycles. The number of amidine groups is 1. The fraction of sp³-hybridized carbons (Fsp3) is 0.440. The van der Waals surface area contributed by atoms with E-state index in [0.717, 1.165) is 85.3 Å². The molecule has 31 heavy (non-hydrogen) atoms. The fourth-order valence-corrected chi connectivity index (χ4v) is 4.57. The molecule has 0 bridgehead atoms. The van der Waals surface area contributed by atoms with Crippen molar-refractivity contribution < 1.29 is 14.3 Å². The van der Waals surface area contributed by atoms with Gasteiger partial charge in [0.2, 0.25) is 0 Å². The van der Waals surface area contributed by atoms with E-state index in [0.29, 0.717) is 0 Å². The molecule has 2 aliphatic heterocycles. The van der Waals surface area contributed by atoms with Crippen molar-refractivity contribution in [3.63, 3.8) is 0 Å². The molecule has 1 aliphatic carbocycles. The molecule has 6 nitrogen and oxygen atoms in total. The molecular formula is C25H29N3O3. The van der Waals surface area contributed by atoms with Crippen LogP contribution in [0.1, 0.15) is 29.5 Å². The van der Waals surface area contributed by atoms with Gasteiger partial charge < -0.3 is 14.4 Å². The minimum atomic E-state index is -0.272. The van der Waals surface area contributed by atoms with Gasteiger partial charge in [0, 0.05) is 32.7 Å². The summed E-state index contributed by atoms with van der Waals surface area (Å²) < 4.78 is 11.3. The van der Waals surface area contributed by atoms with Gasteiger partial charge in [-0.1, -0.05) is 12.1 Å². The summed E-state index contributed by atoms with van der Waals surface area (Å²) in [6.45, 7) is 8.48. The standard InChI is InChI=1S/C25H29N3O3/c1-17-4-6-19-21(14-17)31-22-15-18(2)5-7-20(22)26-23(19)28-12-10-27(11-13-28)16-25(8-9-25)24(29)30-3/h4-7,14-15H,8-13,16H2,1-3H3. The van der Waals surface area contributed by atoms with Gasteiger partial charge in [-0.3, -0.25) is 9.69 Å². The molecule has 2 aromatic carbocycles. The number of benzene rings is 2. The molecule has 0 unspecified atom stereocenters. The normalized spacial score (nSPS) is 19.5. The van der Waals surface area contributed by atoms with E-state index in [2.05, 4.69) is 47.9 Å². The van der Waals surface area contributed by atoms with Gasteiger partial charge in [-0.25, -0.2) is 4.99 Å². The van der Waals surface area contributed by atoms with Gasteiger partial charge in [-0.05, 0) is 62.1 Å². The summed E-state index contributed by atoms with van der Waals surface area (Å²) in [6, 6.07) is 12.5. The lowest BCUT2D eigenvalue weighted by atomic mass is 10.1. The number of rotatable bonds is 3. The molecule has 3 aliphatic rings. The highest BCUT2D eigenvalue weighted by atomic mass is 16.5. The number of carbonyl (C=O) groups excluding carboxylic acids is 1. The van der Waals surface area contributed by atoms with Gasteiger partial charge in [0.05, 0.1) is 18.1 Å². The number of hydrogen-bond donors (Lipinski definition) is 0. The third-order valence-electron chi connectivity index (χ3n) is 6.61. The first-order valence-electron chi connectivity index (χ1n) is 11.0. The molecule has 0 spiro atoms. The predicted octanol–water partition coefficient (Wildman–Crippen LogP) is 4.06. The van der Waals surface area contributed by atoms with Crippen LogP contribution in [0.4, 0.5) is 5.69 Å². The lowest BCUT2D eigenvalue weighted by molar-refractivity contribution is -0.148. The van der Waals surface area contributed by atoms with E-state index >= 15 is 0 Å². The minimum absolute atomic E-state index is 0.0589. The molecular weight excluding hydrogens is 390 g/mol. The summed E-state index contributed by atoms with van der Waals surface area (Å²) in [6.07, 6.45) is 1.87. The molecule has 2 fully saturated rings. The van der Waals surface area contributed by atoms with Crippen molar-refractivity contribution in [1.82, 2.24) is 9.80 Å². The summed E-state index contributed by atoms with van der Waals surface area (Å²) in [5.74, 6) is 2.56. The molecule has 2 aromatic rings. The zero-order chi connectivity index (χ0) is 21.6. The molecule has 0 amide bonds. The van der Waals surface area contributed by atoms with Gasteiger partial charge in [-0.2, -0.15) is 0 Å². The first-order valence-corrected chi connectivity index (χ1v) is 11.0. The second kappa shape index (κ2) is 7.68. The number of methoxy groups -OCH3 is 1. The highest BCUT2D eigenvalue weighted by molar-refractivity contribution is 6.04. The van der Waals surface area contributed by atoms with E-state index in [1.54, 1.807) is 0 Å². The lowest BCUT2D eigenvalue weighted by Gasteiger charge is -2.37. The highest BCUT2D eigenvalue weighted by Crippen LogP contribution is 2.47. The SMILES string of the molecule is COC(=O)C1(CN2CCN(C3=Nc4ccc(C)cc4Oc4cc(C)ccc43)CC2)CC1. The molecule has 2 heterocycles. The van der Waals surface area contributed by atoms with Crippen molar-refractivity contribution in [2.75, 3.05) is 39.8 Å². The smallest absolute Gasteiger partial charge is 0.313 e. The zero-order valence-electron chi connectivity index (χ0n) is 18.5. The molecule has 1 saturated heterocycles. The van der Waals surface area contributed by atoms with Crippen LogP contribution in [0, 0.1) is 19.3 Å². The van der Waals surface area contributed by atoms with Crippen molar-refractivity contribution in [2.24, 2.45) is 10.4 Å². The van der Waals surface area contributed by atoms with Crippen LogP contribution in [0.15, 0.2) is 41.4 Å². The number of aliphatic imine (C=N–C) groups is 1. The zero-order valence-corrected chi connectivity index (χ0v) is 18.5. The molecule has 0 aromatic heterocycles. The number of carbonyl (C=O) groups is 1. The summed E-state index contributed by atoms with van der Waals surface area (Å²) in [7, 11) is 1.49. The summed E-state index contributed by atoms with van der Waals surface area (Å²) >= 11 is 0. The van der Waals surface area contributed by atoms with Crippen LogP contribution < -0.4 is 4.74 Å². The molecule has 162 valence electrons. The third kappa shape index (κ3) is 3.81. The van der Waals surface area contributed by atoms with Gasteiger partial charge in [0.25, 0.3) is 0 Å².